The van der Waals surface area contributed by atoms with E-state index in [1.54, 1.807) is 12.1 Å². The van der Waals surface area contributed by atoms with E-state index in [1.807, 2.05) is 0 Å². The Kier molecular flexibility index (Phi) is 3.74. The number of halogens is 3. The third kappa shape index (κ3) is 2.90. The van der Waals surface area contributed by atoms with E-state index >= 15 is 0 Å². The van der Waals surface area contributed by atoms with Crippen LogP contribution >= 0.6 is 35.0 Å². The molecule has 1 heterocycles. The fraction of sp³-hybridized carbons (Fsp3) is 0.100. The Bertz CT molecular complexity index is 465. The Morgan fingerprint density at radius 1 is 1.25 bits per heavy atom. The monoisotopic (exact) mass is 276 g/mol. The predicted molar refractivity (Wildman–Crippen MR) is 64.6 cm³/mol. The summed E-state index contributed by atoms with van der Waals surface area (Å²) in [5.74, 6) is 0.443. The van der Waals surface area contributed by atoms with Crippen molar-refractivity contribution < 1.29 is 4.39 Å². The highest BCUT2D eigenvalue weighted by Crippen LogP contribution is 2.26. The van der Waals surface area contributed by atoms with Crippen molar-refractivity contribution in [2.75, 3.05) is 0 Å². The van der Waals surface area contributed by atoms with Crippen LogP contribution in [-0.2, 0) is 5.75 Å². The average Bonchev–Trinajstić information content (AvgIpc) is 2.58. The van der Waals surface area contributed by atoms with Gasteiger partial charge in [0.05, 0.1) is 0 Å². The van der Waals surface area contributed by atoms with Crippen LogP contribution in [0.25, 0.3) is 0 Å². The van der Waals surface area contributed by atoms with Gasteiger partial charge in [0.15, 0.2) is 10.3 Å². The number of aromatic nitrogens is 2. The van der Waals surface area contributed by atoms with Crippen molar-refractivity contribution in [2.45, 2.75) is 10.9 Å². The second-order valence-electron chi connectivity index (χ2n) is 3.06. The van der Waals surface area contributed by atoms with Crippen LogP contribution in [0.2, 0.25) is 10.3 Å². The second kappa shape index (κ2) is 5.08. The number of hydrogen-bond donors (Lipinski definition) is 1. The van der Waals surface area contributed by atoms with Gasteiger partial charge in [-0.3, -0.25) is 0 Å². The van der Waals surface area contributed by atoms with Crippen molar-refractivity contribution in [2.24, 2.45) is 0 Å². The maximum absolute atomic E-state index is 12.6. The summed E-state index contributed by atoms with van der Waals surface area (Å²) in [5, 5.41) is 1.26. The van der Waals surface area contributed by atoms with Crippen LogP contribution in [0.5, 0.6) is 0 Å². The van der Waals surface area contributed by atoms with Crippen LogP contribution in [0.15, 0.2) is 29.4 Å². The first kappa shape index (κ1) is 11.8. The number of nitrogens with one attached hydrogen (secondary N) is 1. The highest BCUT2D eigenvalue weighted by Gasteiger charge is 2.06. The van der Waals surface area contributed by atoms with E-state index in [2.05, 4.69) is 9.97 Å². The molecule has 0 unspecified atom stereocenters. The summed E-state index contributed by atoms with van der Waals surface area (Å²) in [6, 6.07) is 6.32. The molecule has 0 bridgehead atoms. The molecule has 1 aromatic carbocycles. The lowest BCUT2D eigenvalue weighted by Gasteiger charge is -1.98. The molecule has 2 aromatic rings. The molecular weight excluding hydrogens is 270 g/mol. The number of nitrogens with zero attached hydrogens (tertiary/aromatic N) is 1. The molecule has 1 aromatic heterocycles. The number of hydrogen-bond acceptors (Lipinski definition) is 2. The number of H-pyrrole nitrogens is 1. The smallest absolute Gasteiger partial charge is 0.168 e. The van der Waals surface area contributed by atoms with Crippen molar-refractivity contribution in [3.63, 3.8) is 0 Å². The molecule has 0 amide bonds. The third-order valence-corrected chi connectivity index (χ3v) is 3.47. The number of imidazole rings is 1. The van der Waals surface area contributed by atoms with Gasteiger partial charge in [-0.15, -0.1) is 0 Å². The first-order valence-electron chi connectivity index (χ1n) is 4.43. The Morgan fingerprint density at radius 2 is 1.94 bits per heavy atom. The summed E-state index contributed by atoms with van der Waals surface area (Å²) in [6.45, 7) is 0. The highest BCUT2D eigenvalue weighted by atomic mass is 35.5. The summed E-state index contributed by atoms with van der Waals surface area (Å²) in [6.07, 6.45) is 0. The lowest BCUT2D eigenvalue weighted by Crippen LogP contribution is -1.82. The van der Waals surface area contributed by atoms with Crippen LogP contribution in [0.1, 0.15) is 5.56 Å². The van der Waals surface area contributed by atoms with Gasteiger partial charge in [-0.1, -0.05) is 47.1 Å². The summed E-state index contributed by atoms with van der Waals surface area (Å²) in [4.78, 5) is 6.85. The first-order valence-corrected chi connectivity index (χ1v) is 6.17. The van der Waals surface area contributed by atoms with E-state index in [9.17, 15) is 4.39 Å². The molecule has 0 spiro atoms. The van der Waals surface area contributed by atoms with Crippen molar-refractivity contribution in [3.05, 3.63) is 46.0 Å². The minimum absolute atomic E-state index is 0.238. The SMILES string of the molecule is Fc1ccc(CSc2nc(Cl)c(Cl)[nH]2)cc1. The molecule has 0 aliphatic heterocycles. The largest absolute Gasteiger partial charge is 0.323 e. The molecular formula is C10H7Cl2FN2S. The maximum atomic E-state index is 12.6. The van der Waals surface area contributed by atoms with Crippen LogP contribution in [0.4, 0.5) is 4.39 Å². The van der Waals surface area contributed by atoms with Gasteiger partial charge < -0.3 is 4.98 Å². The molecule has 0 aliphatic carbocycles. The molecule has 0 saturated carbocycles. The van der Waals surface area contributed by atoms with Gasteiger partial charge in [0.25, 0.3) is 0 Å². The topological polar surface area (TPSA) is 28.7 Å². The van der Waals surface area contributed by atoms with Gasteiger partial charge in [0.1, 0.15) is 11.0 Å². The molecule has 0 saturated heterocycles. The zero-order chi connectivity index (χ0) is 11.5. The van der Waals surface area contributed by atoms with Crippen molar-refractivity contribution in [1.82, 2.24) is 9.97 Å². The maximum Gasteiger partial charge on any atom is 0.168 e. The Balaban J connectivity index is 1.99. The molecule has 6 heteroatoms. The van der Waals surface area contributed by atoms with Gasteiger partial charge >= 0.3 is 0 Å². The Morgan fingerprint density at radius 3 is 2.50 bits per heavy atom. The van der Waals surface area contributed by atoms with E-state index in [0.717, 1.165) is 5.56 Å². The first-order chi connectivity index (χ1) is 7.65. The molecule has 0 aliphatic rings. The summed E-state index contributed by atoms with van der Waals surface area (Å²) >= 11 is 12.9. The van der Waals surface area contributed by atoms with E-state index in [1.165, 1.54) is 23.9 Å². The fourth-order valence-corrected chi connectivity index (χ4v) is 2.31. The van der Waals surface area contributed by atoms with E-state index in [4.69, 9.17) is 23.2 Å². The fourth-order valence-electron chi connectivity index (χ4n) is 1.11. The third-order valence-electron chi connectivity index (χ3n) is 1.89. The molecule has 2 rings (SSSR count). The molecule has 0 atom stereocenters. The van der Waals surface area contributed by atoms with Crippen LogP contribution in [0.3, 0.4) is 0 Å². The average molecular weight is 277 g/mol. The molecule has 2 nitrogen and oxygen atoms in total. The van der Waals surface area contributed by atoms with Gasteiger partial charge in [0.2, 0.25) is 0 Å². The lowest BCUT2D eigenvalue weighted by molar-refractivity contribution is 0.627. The van der Waals surface area contributed by atoms with Crippen molar-refractivity contribution in [1.29, 1.82) is 0 Å². The van der Waals surface area contributed by atoms with Gasteiger partial charge in [-0.05, 0) is 17.7 Å². The predicted octanol–water partition coefficient (Wildman–Crippen LogP) is 4.15. The summed E-state index contributed by atoms with van der Waals surface area (Å²) < 4.78 is 12.6. The number of thioether (sulfide) groups is 1. The zero-order valence-electron chi connectivity index (χ0n) is 8.01. The van der Waals surface area contributed by atoms with Gasteiger partial charge in [0, 0.05) is 5.75 Å². The molecule has 0 radical (unpaired) electrons. The summed E-state index contributed by atoms with van der Waals surface area (Å²) in [5.41, 5.74) is 1.01. The van der Waals surface area contributed by atoms with Crippen molar-refractivity contribution >= 4 is 35.0 Å². The van der Waals surface area contributed by atoms with Gasteiger partial charge in [-0.25, -0.2) is 9.37 Å². The second-order valence-corrected chi connectivity index (χ2v) is 4.76. The zero-order valence-corrected chi connectivity index (χ0v) is 10.3. The standard InChI is InChI=1S/C10H7Cl2FN2S/c11-8-9(12)15-10(14-8)16-5-6-1-3-7(13)4-2-6/h1-4H,5H2,(H,14,15). The molecule has 84 valence electrons. The Labute approximate surface area is 106 Å². The van der Waals surface area contributed by atoms with Crippen LogP contribution in [0, 0.1) is 5.82 Å². The van der Waals surface area contributed by atoms with E-state index in [-0.39, 0.29) is 11.0 Å². The van der Waals surface area contributed by atoms with Gasteiger partial charge in [-0.2, -0.15) is 0 Å². The van der Waals surface area contributed by atoms with E-state index in [0.29, 0.717) is 16.1 Å². The lowest BCUT2D eigenvalue weighted by atomic mass is 10.2. The summed E-state index contributed by atoms with van der Waals surface area (Å²) in [7, 11) is 0. The number of rotatable bonds is 3. The quantitative estimate of drug-likeness (QED) is 0.854. The Hall–Kier alpha value is -0.710. The molecule has 16 heavy (non-hydrogen) atoms. The van der Waals surface area contributed by atoms with Crippen molar-refractivity contribution in [3.8, 4) is 0 Å². The molecule has 1 N–H and O–H groups in total. The normalized spacial score (nSPS) is 10.7. The highest BCUT2D eigenvalue weighted by molar-refractivity contribution is 7.98. The number of benzene rings is 1. The molecule has 0 fully saturated rings. The van der Waals surface area contributed by atoms with E-state index < -0.39 is 0 Å². The van der Waals surface area contributed by atoms with Crippen LogP contribution < -0.4 is 0 Å². The number of aromatic amines is 1. The van der Waals surface area contributed by atoms with Crippen LogP contribution in [-0.4, -0.2) is 9.97 Å². The minimum atomic E-state index is -0.238. The minimum Gasteiger partial charge on any atom is -0.323 e.